The molecule has 1 aliphatic heterocycles. The Balaban J connectivity index is 1.97. The zero-order valence-corrected chi connectivity index (χ0v) is 11.0. The van der Waals surface area contributed by atoms with Crippen molar-refractivity contribution in [2.45, 2.75) is 25.3 Å². The van der Waals surface area contributed by atoms with Crippen LogP contribution < -0.4 is 10.2 Å². The molecule has 1 aliphatic carbocycles. The van der Waals surface area contributed by atoms with E-state index >= 15 is 0 Å². The first-order valence-electron chi connectivity index (χ1n) is 6.72. The molecule has 1 N–H and O–H groups in total. The van der Waals surface area contributed by atoms with Crippen molar-refractivity contribution >= 4 is 17.5 Å². The zero-order valence-electron chi connectivity index (χ0n) is 11.0. The van der Waals surface area contributed by atoms with E-state index in [4.69, 9.17) is 0 Å². The zero-order chi connectivity index (χ0) is 15.1. The van der Waals surface area contributed by atoms with E-state index in [1.807, 2.05) is 0 Å². The smallest absolute Gasteiger partial charge is 0.249 e. The number of halogens is 3. The van der Waals surface area contributed by atoms with Crippen LogP contribution in [0.15, 0.2) is 12.1 Å². The van der Waals surface area contributed by atoms with E-state index in [1.54, 1.807) is 0 Å². The molecule has 1 atom stereocenters. The van der Waals surface area contributed by atoms with Gasteiger partial charge in [0.1, 0.15) is 11.9 Å². The molecule has 2 amide bonds. The molecule has 21 heavy (non-hydrogen) atoms. The molecule has 0 bridgehead atoms. The number of hydrogen-bond donors (Lipinski definition) is 1. The molecule has 1 aromatic carbocycles. The number of hydrogen-bond acceptors (Lipinski definition) is 2. The van der Waals surface area contributed by atoms with E-state index in [9.17, 15) is 22.8 Å². The standard InChI is InChI=1S/C14H13F3N2O2/c15-8-5-10(17)11(6-9(8)16)19-4-3-12(20)18-13(14(19)21)7-1-2-7/h5-7,13H,1-4H2,(H,18,20). The van der Waals surface area contributed by atoms with Crippen LogP contribution in [0.4, 0.5) is 18.9 Å². The quantitative estimate of drug-likeness (QED) is 0.846. The predicted molar refractivity (Wildman–Crippen MR) is 67.9 cm³/mol. The predicted octanol–water partition coefficient (Wildman–Crippen LogP) is 1.74. The number of carbonyl (C=O) groups excluding carboxylic acids is 2. The lowest BCUT2D eigenvalue weighted by molar-refractivity contribution is -0.126. The maximum absolute atomic E-state index is 13.9. The van der Waals surface area contributed by atoms with Crippen molar-refractivity contribution in [1.29, 1.82) is 0 Å². The fourth-order valence-corrected chi connectivity index (χ4v) is 2.51. The van der Waals surface area contributed by atoms with Crippen LogP contribution in [0.25, 0.3) is 0 Å². The Morgan fingerprint density at radius 2 is 1.71 bits per heavy atom. The number of anilines is 1. The normalized spacial score (nSPS) is 23.0. The minimum absolute atomic E-state index is 0.00655. The number of benzene rings is 1. The van der Waals surface area contributed by atoms with E-state index in [2.05, 4.69) is 5.32 Å². The Hall–Kier alpha value is -2.05. The summed E-state index contributed by atoms with van der Waals surface area (Å²) >= 11 is 0. The minimum Gasteiger partial charge on any atom is -0.344 e. The van der Waals surface area contributed by atoms with E-state index in [1.165, 1.54) is 0 Å². The lowest BCUT2D eigenvalue weighted by Gasteiger charge is -2.24. The molecule has 2 aliphatic rings. The fraction of sp³-hybridized carbons (Fsp3) is 0.429. The van der Waals surface area contributed by atoms with Gasteiger partial charge < -0.3 is 10.2 Å². The van der Waals surface area contributed by atoms with Gasteiger partial charge >= 0.3 is 0 Å². The molecule has 0 spiro atoms. The van der Waals surface area contributed by atoms with Crippen LogP contribution in [0, 0.1) is 23.4 Å². The van der Waals surface area contributed by atoms with Crippen LogP contribution in [-0.2, 0) is 9.59 Å². The molecule has 1 saturated heterocycles. The maximum Gasteiger partial charge on any atom is 0.249 e. The summed E-state index contributed by atoms with van der Waals surface area (Å²) in [4.78, 5) is 25.1. The number of carbonyl (C=O) groups is 2. The molecule has 0 aromatic heterocycles. The van der Waals surface area contributed by atoms with Crippen LogP contribution in [-0.4, -0.2) is 24.4 Å². The van der Waals surface area contributed by atoms with Gasteiger partial charge in [0.05, 0.1) is 5.69 Å². The third kappa shape index (κ3) is 2.59. The van der Waals surface area contributed by atoms with Gasteiger partial charge in [-0.15, -0.1) is 0 Å². The van der Waals surface area contributed by atoms with Crippen LogP contribution in [0.2, 0.25) is 0 Å². The molecule has 0 radical (unpaired) electrons. The maximum atomic E-state index is 13.9. The molecule has 1 aromatic rings. The van der Waals surface area contributed by atoms with Crippen molar-refractivity contribution < 1.29 is 22.8 Å². The third-order valence-corrected chi connectivity index (χ3v) is 3.78. The van der Waals surface area contributed by atoms with Gasteiger partial charge in [0.15, 0.2) is 11.6 Å². The molecule has 112 valence electrons. The Labute approximate surface area is 118 Å². The Bertz CT molecular complexity index is 616. The van der Waals surface area contributed by atoms with Gasteiger partial charge in [-0.1, -0.05) is 0 Å². The summed E-state index contributed by atoms with van der Waals surface area (Å²) in [6.07, 6.45) is 1.61. The number of nitrogens with zero attached hydrogens (tertiary/aromatic N) is 1. The lowest BCUT2D eigenvalue weighted by Crippen LogP contribution is -2.46. The van der Waals surface area contributed by atoms with Crippen molar-refractivity contribution in [3.8, 4) is 0 Å². The Morgan fingerprint density at radius 3 is 2.38 bits per heavy atom. The molecule has 4 nitrogen and oxygen atoms in total. The first kappa shape index (κ1) is 13.9. The molecular weight excluding hydrogens is 285 g/mol. The van der Waals surface area contributed by atoms with Crippen LogP contribution in [0.1, 0.15) is 19.3 Å². The molecule has 7 heteroatoms. The highest BCUT2D eigenvalue weighted by molar-refractivity contribution is 6.01. The second kappa shape index (κ2) is 5.05. The van der Waals surface area contributed by atoms with E-state index in [0.717, 1.165) is 17.7 Å². The molecule has 3 rings (SSSR count). The molecule has 1 heterocycles. The highest BCUT2D eigenvalue weighted by Crippen LogP contribution is 2.35. The number of amides is 2. The number of rotatable bonds is 2. The molecule has 1 unspecified atom stereocenters. The summed E-state index contributed by atoms with van der Waals surface area (Å²) in [6.45, 7) is -0.0596. The van der Waals surface area contributed by atoms with Gasteiger partial charge in [-0.25, -0.2) is 13.2 Å². The van der Waals surface area contributed by atoms with Crippen LogP contribution in [0.3, 0.4) is 0 Å². The first-order chi connectivity index (χ1) is 9.97. The van der Waals surface area contributed by atoms with Crippen molar-refractivity contribution in [1.82, 2.24) is 5.32 Å². The largest absolute Gasteiger partial charge is 0.344 e. The first-order valence-corrected chi connectivity index (χ1v) is 6.72. The minimum atomic E-state index is -1.31. The van der Waals surface area contributed by atoms with Gasteiger partial charge in [0.25, 0.3) is 0 Å². The highest BCUT2D eigenvalue weighted by Gasteiger charge is 2.41. The van der Waals surface area contributed by atoms with Crippen molar-refractivity contribution in [3.63, 3.8) is 0 Å². The van der Waals surface area contributed by atoms with Crippen molar-refractivity contribution in [2.75, 3.05) is 11.4 Å². The summed E-state index contributed by atoms with van der Waals surface area (Å²) in [5, 5.41) is 2.62. The summed E-state index contributed by atoms with van der Waals surface area (Å²) in [7, 11) is 0. The van der Waals surface area contributed by atoms with Crippen LogP contribution >= 0.6 is 0 Å². The SMILES string of the molecule is O=C1CCN(c2cc(F)c(F)cc2F)C(=O)C(C2CC2)N1. The van der Waals surface area contributed by atoms with E-state index in [-0.39, 0.29) is 30.5 Å². The van der Waals surface area contributed by atoms with Gasteiger partial charge in [0, 0.05) is 25.1 Å². The van der Waals surface area contributed by atoms with E-state index < -0.39 is 29.4 Å². The second-order valence-electron chi connectivity index (χ2n) is 5.34. The average Bonchev–Trinajstić information content (AvgIpc) is 3.25. The summed E-state index contributed by atoms with van der Waals surface area (Å²) in [6, 6.07) is 0.347. The fourth-order valence-electron chi connectivity index (χ4n) is 2.51. The Kier molecular flexibility index (Phi) is 3.35. The second-order valence-corrected chi connectivity index (χ2v) is 5.34. The van der Waals surface area contributed by atoms with Gasteiger partial charge in [-0.3, -0.25) is 9.59 Å². The topological polar surface area (TPSA) is 49.4 Å². The lowest BCUT2D eigenvalue weighted by atomic mass is 10.1. The van der Waals surface area contributed by atoms with Crippen molar-refractivity contribution in [3.05, 3.63) is 29.6 Å². The molecular formula is C14H13F3N2O2. The van der Waals surface area contributed by atoms with Gasteiger partial charge in [-0.2, -0.15) is 0 Å². The van der Waals surface area contributed by atoms with Gasteiger partial charge in [-0.05, 0) is 18.8 Å². The van der Waals surface area contributed by atoms with Gasteiger partial charge in [0.2, 0.25) is 11.8 Å². The van der Waals surface area contributed by atoms with E-state index in [0.29, 0.717) is 12.1 Å². The third-order valence-electron chi connectivity index (χ3n) is 3.78. The van der Waals surface area contributed by atoms with Crippen molar-refractivity contribution in [2.24, 2.45) is 5.92 Å². The summed E-state index contributed by atoms with van der Waals surface area (Å²) < 4.78 is 40.2. The van der Waals surface area contributed by atoms with Crippen LogP contribution in [0.5, 0.6) is 0 Å². The monoisotopic (exact) mass is 298 g/mol. The number of nitrogens with one attached hydrogen (secondary N) is 1. The Morgan fingerprint density at radius 1 is 1.05 bits per heavy atom. The molecule has 1 saturated carbocycles. The summed E-state index contributed by atoms with van der Waals surface area (Å²) in [5.41, 5.74) is -0.332. The molecule has 2 fully saturated rings. The average molecular weight is 298 g/mol. The summed E-state index contributed by atoms with van der Waals surface area (Å²) in [5.74, 6) is -4.31. The highest BCUT2D eigenvalue weighted by atomic mass is 19.2.